The van der Waals surface area contributed by atoms with E-state index in [1.807, 2.05) is 20.2 Å². The highest BCUT2D eigenvalue weighted by Gasteiger charge is 2.21. The maximum absolute atomic E-state index is 5.93. The molecular formula is C17H20N2O. The summed E-state index contributed by atoms with van der Waals surface area (Å²) in [4.78, 5) is 4.28. The van der Waals surface area contributed by atoms with Crippen molar-refractivity contribution < 1.29 is 4.74 Å². The summed E-state index contributed by atoms with van der Waals surface area (Å²) in [6.07, 6.45) is 4.08. The molecule has 1 aromatic carbocycles. The normalized spacial score (nSPS) is 15.3. The fourth-order valence-electron chi connectivity index (χ4n) is 2.89. The van der Waals surface area contributed by atoms with Gasteiger partial charge in [0.25, 0.3) is 0 Å². The first-order valence-corrected chi connectivity index (χ1v) is 7.14. The zero-order valence-corrected chi connectivity index (χ0v) is 12.0. The third kappa shape index (κ3) is 2.41. The summed E-state index contributed by atoms with van der Waals surface area (Å²) in [5.41, 5.74) is 4.80. The minimum absolute atomic E-state index is 0.143. The largest absolute Gasteiger partial charge is 0.493 e. The van der Waals surface area contributed by atoms with Crippen molar-refractivity contribution in [3.05, 3.63) is 58.9 Å². The molecule has 0 bridgehead atoms. The van der Waals surface area contributed by atoms with Crippen molar-refractivity contribution >= 4 is 0 Å². The number of rotatable bonds is 3. The van der Waals surface area contributed by atoms with E-state index < -0.39 is 0 Å². The van der Waals surface area contributed by atoms with Crippen molar-refractivity contribution in [1.29, 1.82) is 0 Å². The maximum atomic E-state index is 5.93. The van der Waals surface area contributed by atoms with Crippen LogP contribution in [0.1, 0.15) is 34.8 Å². The molecule has 1 aliphatic heterocycles. The molecule has 3 rings (SSSR count). The van der Waals surface area contributed by atoms with Crippen LogP contribution < -0.4 is 10.1 Å². The second-order valence-electron chi connectivity index (χ2n) is 5.24. The first-order valence-electron chi connectivity index (χ1n) is 7.14. The van der Waals surface area contributed by atoms with Crippen LogP contribution in [0, 0.1) is 6.92 Å². The van der Waals surface area contributed by atoms with E-state index in [0.29, 0.717) is 0 Å². The summed E-state index contributed by atoms with van der Waals surface area (Å²) in [6.45, 7) is 2.84. The van der Waals surface area contributed by atoms with Crippen LogP contribution in [-0.2, 0) is 6.42 Å². The standard InChI is InChI=1S/C17H20N2O/c1-12-11-14(8-9-19-12)16(18-2)15-7-3-5-13-6-4-10-20-17(13)15/h3,5,7-9,11,16,18H,4,6,10H2,1-2H3. The second kappa shape index (κ2) is 5.63. The minimum Gasteiger partial charge on any atom is -0.493 e. The first-order chi connectivity index (χ1) is 9.79. The molecule has 2 aromatic rings. The van der Waals surface area contributed by atoms with Gasteiger partial charge in [-0.15, -0.1) is 0 Å². The molecule has 1 atom stereocenters. The minimum atomic E-state index is 0.143. The number of nitrogens with one attached hydrogen (secondary N) is 1. The monoisotopic (exact) mass is 268 g/mol. The number of ether oxygens (including phenoxy) is 1. The Morgan fingerprint density at radius 3 is 3.00 bits per heavy atom. The maximum Gasteiger partial charge on any atom is 0.127 e. The number of para-hydroxylation sites is 1. The Morgan fingerprint density at radius 1 is 1.30 bits per heavy atom. The molecule has 1 aliphatic rings. The Morgan fingerprint density at radius 2 is 2.20 bits per heavy atom. The number of hydrogen-bond acceptors (Lipinski definition) is 3. The van der Waals surface area contributed by atoms with Gasteiger partial charge in [0.2, 0.25) is 0 Å². The predicted molar refractivity (Wildman–Crippen MR) is 80.1 cm³/mol. The lowest BCUT2D eigenvalue weighted by atomic mass is 9.94. The molecular weight excluding hydrogens is 248 g/mol. The van der Waals surface area contributed by atoms with Crippen LogP contribution in [0.4, 0.5) is 0 Å². The lowest BCUT2D eigenvalue weighted by Crippen LogP contribution is -2.21. The number of aromatic nitrogens is 1. The zero-order chi connectivity index (χ0) is 13.9. The number of benzene rings is 1. The SMILES string of the molecule is CNC(c1ccnc(C)c1)c1cccc2c1OCCC2. The fraction of sp³-hybridized carbons (Fsp3) is 0.353. The van der Waals surface area contributed by atoms with Gasteiger partial charge < -0.3 is 10.1 Å². The third-order valence-electron chi connectivity index (χ3n) is 3.82. The number of aryl methyl sites for hydroxylation is 2. The van der Waals surface area contributed by atoms with E-state index in [0.717, 1.165) is 30.9 Å². The van der Waals surface area contributed by atoms with Crippen molar-refractivity contribution in [3.8, 4) is 5.75 Å². The number of hydrogen-bond donors (Lipinski definition) is 1. The van der Waals surface area contributed by atoms with E-state index in [4.69, 9.17) is 4.74 Å². The number of pyridine rings is 1. The Bertz CT molecular complexity index is 610. The van der Waals surface area contributed by atoms with Crippen LogP contribution in [0.5, 0.6) is 5.75 Å². The Kier molecular flexibility index (Phi) is 3.70. The molecule has 0 fully saturated rings. The fourth-order valence-corrected chi connectivity index (χ4v) is 2.89. The van der Waals surface area contributed by atoms with Crippen LogP contribution in [0.3, 0.4) is 0 Å². The second-order valence-corrected chi connectivity index (χ2v) is 5.24. The number of nitrogens with zero attached hydrogens (tertiary/aromatic N) is 1. The van der Waals surface area contributed by atoms with Crippen LogP contribution in [-0.4, -0.2) is 18.6 Å². The molecule has 3 heteroatoms. The van der Waals surface area contributed by atoms with Gasteiger partial charge in [-0.05, 0) is 50.1 Å². The average Bonchev–Trinajstić information content (AvgIpc) is 2.48. The molecule has 20 heavy (non-hydrogen) atoms. The highest BCUT2D eigenvalue weighted by Crippen LogP contribution is 2.35. The smallest absolute Gasteiger partial charge is 0.127 e. The van der Waals surface area contributed by atoms with Crippen LogP contribution >= 0.6 is 0 Å². The van der Waals surface area contributed by atoms with Gasteiger partial charge in [-0.1, -0.05) is 18.2 Å². The molecule has 0 saturated heterocycles. The van der Waals surface area contributed by atoms with Gasteiger partial charge in [0.1, 0.15) is 5.75 Å². The highest BCUT2D eigenvalue weighted by atomic mass is 16.5. The summed E-state index contributed by atoms with van der Waals surface area (Å²) < 4.78 is 5.93. The molecule has 0 saturated carbocycles. The lowest BCUT2D eigenvalue weighted by Gasteiger charge is -2.25. The predicted octanol–water partition coefficient (Wildman–Crippen LogP) is 3.02. The van der Waals surface area contributed by atoms with Gasteiger partial charge >= 0.3 is 0 Å². The molecule has 0 amide bonds. The van der Waals surface area contributed by atoms with E-state index in [2.05, 4.69) is 40.6 Å². The Balaban J connectivity index is 2.06. The van der Waals surface area contributed by atoms with Crippen molar-refractivity contribution in [2.45, 2.75) is 25.8 Å². The molecule has 0 spiro atoms. The molecule has 104 valence electrons. The average molecular weight is 268 g/mol. The van der Waals surface area contributed by atoms with Crippen LogP contribution in [0.25, 0.3) is 0 Å². The lowest BCUT2D eigenvalue weighted by molar-refractivity contribution is 0.283. The van der Waals surface area contributed by atoms with Gasteiger partial charge in [-0.2, -0.15) is 0 Å². The molecule has 0 aliphatic carbocycles. The Labute approximate surface area is 120 Å². The molecule has 1 N–H and O–H groups in total. The molecule has 1 unspecified atom stereocenters. The van der Waals surface area contributed by atoms with Crippen LogP contribution in [0.2, 0.25) is 0 Å². The molecule has 0 radical (unpaired) electrons. The van der Waals surface area contributed by atoms with E-state index in [1.165, 1.54) is 16.7 Å². The number of fused-ring (bicyclic) bond motifs is 1. The molecule has 1 aromatic heterocycles. The van der Waals surface area contributed by atoms with Crippen molar-refractivity contribution in [2.75, 3.05) is 13.7 Å². The molecule has 2 heterocycles. The van der Waals surface area contributed by atoms with E-state index >= 15 is 0 Å². The molecule has 3 nitrogen and oxygen atoms in total. The summed E-state index contributed by atoms with van der Waals surface area (Å²) >= 11 is 0. The Hall–Kier alpha value is -1.87. The van der Waals surface area contributed by atoms with E-state index in [-0.39, 0.29) is 6.04 Å². The van der Waals surface area contributed by atoms with E-state index in [1.54, 1.807) is 0 Å². The van der Waals surface area contributed by atoms with Gasteiger partial charge in [-0.3, -0.25) is 4.98 Å². The van der Waals surface area contributed by atoms with Crippen molar-refractivity contribution in [1.82, 2.24) is 10.3 Å². The summed E-state index contributed by atoms with van der Waals surface area (Å²) in [5, 5.41) is 3.40. The highest BCUT2D eigenvalue weighted by molar-refractivity contribution is 5.47. The third-order valence-corrected chi connectivity index (χ3v) is 3.82. The summed E-state index contributed by atoms with van der Waals surface area (Å²) in [6, 6.07) is 10.8. The van der Waals surface area contributed by atoms with Crippen molar-refractivity contribution in [3.63, 3.8) is 0 Å². The topological polar surface area (TPSA) is 34.2 Å². The van der Waals surface area contributed by atoms with Crippen molar-refractivity contribution in [2.24, 2.45) is 0 Å². The van der Waals surface area contributed by atoms with Crippen LogP contribution in [0.15, 0.2) is 36.5 Å². The summed E-state index contributed by atoms with van der Waals surface area (Å²) in [5.74, 6) is 1.06. The van der Waals surface area contributed by atoms with Gasteiger partial charge in [-0.25, -0.2) is 0 Å². The quantitative estimate of drug-likeness (QED) is 0.929. The van der Waals surface area contributed by atoms with E-state index in [9.17, 15) is 0 Å². The summed E-state index contributed by atoms with van der Waals surface area (Å²) in [7, 11) is 1.99. The van der Waals surface area contributed by atoms with Gasteiger partial charge in [0.05, 0.1) is 12.6 Å². The zero-order valence-electron chi connectivity index (χ0n) is 12.0. The first kappa shape index (κ1) is 13.1. The van der Waals surface area contributed by atoms with Gasteiger partial charge in [0.15, 0.2) is 0 Å². The van der Waals surface area contributed by atoms with Gasteiger partial charge in [0, 0.05) is 17.5 Å².